The number of fused-ring (bicyclic) bond motifs is 1. The van der Waals surface area contributed by atoms with E-state index in [0.29, 0.717) is 23.8 Å². The molecular formula is C23H23NO5S2. The summed E-state index contributed by atoms with van der Waals surface area (Å²) in [6.45, 7) is 4.22. The molecule has 0 spiro atoms. The molecule has 0 bridgehead atoms. The minimum atomic E-state index is -3.78. The lowest BCUT2D eigenvalue weighted by atomic mass is 9.89. The molecule has 0 saturated heterocycles. The van der Waals surface area contributed by atoms with Crippen LogP contribution in [-0.2, 0) is 14.6 Å². The molecule has 162 valence electrons. The first-order chi connectivity index (χ1) is 14.9. The topological polar surface area (TPSA) is 81.7 Å². The van der Waals surface area contributed by atoms with Crippen molar-refractivity contribution in [3.05, 3.63) is 63.8 Å². The van der Waals surface area contributed by atoms with Crippen molar-refractivity contribution >= 4 is 32.8 Å². The van der Waals surface area contributed by atoms with Crippen LogP contribution >= 0.6 is 11.3 Å². The number of hydrogen-bond acceptors (Lipinski definition) is 6. The van der Waals surface area contributed by atoms with Gasteiger partial charge in [0.05, 0.1) is 24.3 Å². The number of benzene rings is 2. The Labute approximate surface area is 185 Å². The number of carbonyl (C=O) groups excluding carboxylic acids is 1. The van der Waals surface area contributed by atoms with Gasteiger partial charge in [-0.2, -0.15) is 0 Å². The highest BCUT2D eigenvalue weighted by Gasteiger charge is 2.36. The second-order valence-electron chi connectivity index (χ2n) is 7.27. The monoisotopic (exact) mass is 457 g/mol. The van der Waals surface area contributed by atoms with Crippen LogP contribution in [0.4, 0.5) is 5.69 Å². The lowest BCUT2D eigenvalue weighted by molar-refractivity contribution is -0.116. The van der Waals surface area contributed by atoms with E-state index in [-0.39, 0.29) is 28.0 Å². The van der Waals surface area contributed by atoms with E-state index < -0.39 is 9.84 Å². The summed E-state index contributed by atoms with van der Waals surface area (Å²) in [5.41, 5.74) is 2.14. The Kier molecular flexibility index (Phi) is 5.77. The van der Waals surface area contributed by atoms with E-state index in [4.69, 9.17) is 9.47 Å². The van der Waals surface area contributed by atoms with Gasteiger partial charge in [0, 0.05) is 28.2 Å². The number of para-hydroxylation sites is 1. The van der Waals surface area contributed by atoms with Crippen molar-refractivity contribution in [2.24, 2.45) is 0 Å². The van der Waals surface area contributed by atoms with Crippen molar-refractivity contribution in [3.8, 4) is 11.5 Å². The molecule has 0 saturated carbocycles. The van der Waals surface area contributed by atoms with Gasteiger partial charge in [-0.25, -0.2) is 8.42 Å². The number of aryl methyl sites for hydroxylation is 1. The van der Waals surface area contributed by atoms with Crippen molar-refractivity contribution < 1.29 is 22.7 Å². The number of nitrogens with one attached hydrogen (secondary N) is 1. The molecule has 3 aromatic rings. The highest BCUT2D eigenvalue weighted by atomic mass is 32.2. The Bertz CT molecular complexity index is 1230. The van der Waals surface area contributed by atoms with Crippen LogP contribution in [0.1, 0.15) is 35.3 Å². The molecule has 0 fully saturated rings. The molecule has 1 aliphatic rings. The van der Waals surface area contributed by atoms with Gasteiger partial charge in [0.25, 0.3) is 0 Å². The Morgan fingerprint density at radius 2 is 1.90 bits per heavy atom. The van der Waals surface area contributed by atoms with E-state index in [1.54, 1.807) is 42.8 Å². The highest BCUT2D eigenvalue weighted by Crippen LogP contribution is 2.49. The summed E-state index contributed by atoms with van der Waals surface area (Å²) in [7, 11) is -2.21. The number of amides is 1. The molecule has 1 N–H and O–H groups in total. The molecule has 6 nitrogen and oxygen atoms in total. The molecule has 1 aromatic heterocycles. The van der Waals surface area contributed by atoms with Crippen LogP contribution in [0, 0.1) is 6.92 Å². The standard InChI is InChI=1S/C23H23NO5S2/c1-4-29-22-16(6-5-7-18(22)28-3)17-12-20(25)24-21-19(13-30-23(17)21)31(26,27)15-10-8-14(2)9-11-15/h5-11,13,17H,4,12H2,1-3H3,(H,24,25). The molecule has 0 radical (unpaired) electrons. The quantitative estimate of drug-likeness (QED) is 0.577. The maximum absolute atomic E-state index is 13.3. The summed E-state index contributed by atoms with van der Waals surface area (Å²) in [4.78, 5) is 13.7. The number of thiophene rings is 1. The molecule has 1 atom stereocenters. The van der Waals surface area contributed by atoms with Gasteiger partial charge < -0.3 is 14.8 Å². The van der Waals surface area contributed by atoms with Crippen LogP contribution < -0.4 is 14.8 Å². The largest absolute Gasteiger partial charge is 0.493 e. The van der Waals surface area contributed by atoms with Crippen LogP contribution in [0.25, 0.3) is 0 Å². The summed E-state index contributed by atoms with van der Waals surface area (Å²) in [6.07, 6.45) is 0.199. The lowest BCUT2D eigenvalue weighted by Gasteiger charge is -2.26. The molecule has 2 heterocycles. The van der Waals surface area contributed by atoms with Gasteiger partial charge in [-0.3, -0.25) is 4.79 Å². The summed E-state index contributed by atoms with van der Waals surface area (Å²) in [5.74, 6) is 0.597. The van der Waals surface area contributed by atoms with E-state index in [1.807, 2.05) is 26.0 Å². The number of sulfone groups is 1. The van der Waals surface area contributed by atoms with Crippen molar-refractivity contribution in [1.29, 1.82) is 0 Å². The van der Waals surface area contributed by atoms with E-state index in [0.717, 1.165) is 16.0 Å². The predicted molar refractivity (Wildman–Crippen MR) is 120 cm³/mol. The molecule has 1 unspecified atom stereocenters. The number of ether oxygens (including phenoxy) is 2. The fourth-order valence-electron chi connectivity index (χ4n) is 3.76. The van der Waals surface area contributed by atoms with E-state index in [1.165, 1.54) is 11.3 Å². The Morgan fingerprint density at radius 3 is 2.58 bits per heavy atom. The SMILES string of the molecule is CCOc1c(OC)cccc1C1CC(=O)Nc2c(S(=O)(=O)c3ccc(C)cc3)csc21. The molecule has 1 aliphatic heterocycles. The smallest absolute Gasteiger partial charge is 0.225 e. The average molecular weight is 458 g/mol. The minimum absolute atomic E-state index is 0.121. The van der Waals surface area contributed by atoms with Crippen molar-refractivity contribution in [1.82, 2.24) is 0 Å². The predicted octanol–water partition coefficient (Wildman–Crippen LogP) is 4.77. The number of hydrogen-bond donors (Lipinski definition) is 1. The van der Waals surface area contributed by atoms with Crippen LogP contribution in [0.15, 0.2) is 57.6 Å². The second kappa shape index (κ2) is 8.36. The zero-order valence-corrected chi connectivity index (χ0v) is 19.1. The van der Waals surface area contributed by atoms with Crippen LogP contribution in [0.2, 0.25) is 0 Å². The summed E-state index contributed by atoms with van der Waals surface area (Å²) < 4.78 is 37.9. The minimum Gasteiger partial charge on any atom is -0.493 e. The van der Waals surface area contributed by atoms with Gasteiger partial charge in [0.2, 0.25) is 15.7 Å². The summed E-state index contributed by atoms with van der Waals surface area (Å²) in [6, 6.07) is 12.3. The Hall–Kier alpha value is -2.84. The zero-order valence-electron chi connectivity index (χ0n) is 17.5. The lowest BCUT2D eigenvalue weighted by Crippen LogP contribution is -2.24. The molecule has 8 heteroatoms. The molecule has 31 heavy (non-hydrogen) atoms. The first-order valence-electron chi connectivity index (χ1n) is 9.89. The third-order valence-corrected chi connectivity index (χ3v) is 8.31. The first kappa shape index (κ1) is 21.4. The highest BCUT2D eigenvalue weighted by molar-refractivity contribution is 7.91. The van der Waals surface area contributed by atoms with Gasteiger partial charge in [-0.05, 0) is 32.0 Å². The van der Waals surface area contributed by atoms with Gasteiger partial charge in [0.15, 0.2) is 11.5 Å². The fourth-order valence-corrected chi connectivity index (χ4v) is 6.66. The van der Waals surface area contributed by atoms with Crippen molar-refractivity contribution in [2.45, 2.75) is 36.0 Å². The van der Waals surface area contributed by atoms with Gasteiger partial charge in [-0.1, -0.05) is 29.8 Å². The summed E-state index contributed by atoms with van der Waals surface area (Å²) >= 11 is 1.33. The molecule has 4 rings (SSSR count). The number of anilines is 1. The van der Waals surface area contributed by atoms with Gasteiger partial charge >= 0.3 is 0 Å². The number of carbonyl (C=O) groups is 1. The Balaban J connectivity index is 1.85. The molecule has 0 aliphatic carbocycles. The van der Waals surface area contributed by atoms with Gasteiger partial charge in [0.1, 0.15) is 4.90 Å². The molecule has 1 amide bonds. The van der Waals surface area contributed by atoms with Gasteiger partial charge in [-0.15, -0.1) is 11.3 Å². The molecular weight excluding hydrogens is 434 g/mol. The van der Waals surface area contributed by atoms with Crippen molar-refractivity contribution in [2.75, 3.05) is 19.0 Å². The van der Waals surface area contributed by atoms with Crippen LogP contribution in [-0.4, -0.2) is 28.0 Å². The first-order valence-corrected chi connectivity index (χ1v) is 12.3. The second-order valence-corrected chi connectivity index (χ2v) is 10.1. The average Bonchev–Trinajstić information content (AvgIpc) is 3.18. The maximum atomic E-state index is 13.3. The zero-order chi connectivity index (χ0) is 22.2. The number of rotatable bonds is 6. The Morgan fingerprint density at radius 1 is 1.16 bits per heavy atom. The number of methoxy groups -OCH3 is 1. The summed E-state index contributed by atoms with van der Waals surface area (Å²) in [5, 5.41) is 4.41. The third-order valence-electron chi connectivity index (χ3n) is 5.27. The van der Waals surface area contributed by atoms with Crippen molar-refractivity contribution in [3.63, 3.8) is 0 Å². The van der Waals surface area contributed by atoms with E-state index in [2.05, 4.69) is 5.32 Å². The maximum Gasteiger partial charge on any atom is 0.225 e. The van der Waals surface area contributed by atoms with Crippen LogP contribution in [0.3, 0.4) is 0 Å². The van der Waals surface area contributed by atoms with E-state index >= 15 is 0 Å². The molecule has 2 aromatic carbocycles. The van der Waals surface area contributed by atoms with E-state index in [9.17, 15) is 13.2 Å². The third kappa shape index (κ3) is 3.81. The van der Waals surface area contributed by atoms with Crippen LogP contribution in [0.5, 0.6) is 11.5 Å². The normalized spacial score (nSPS) is 15.8. The fraction of sp³-hybridized carbons (Fsp3) is 0.261.